The molecule has 0 bridgehead atoms. The third-order valence-corrected chi connectivity index (χ3v) is 9.28. The molecule has 51 heavy (non-hydrogen) atoms. The molecule has 2 atom stereocenters. The number of hydrogen-bond donors (Lipinski definition) is 2. The van der Waals surface area contributed by atoms with E-state index in [4.69, 9.17) is 14.2 Å². The Bertz CT molecular complexity index is 2030. The van der Waals surface area contributed by atoms with Gasteiger partial charge in [-0.05, 0) is 75.9 Å². The lowest BCUT2D eigenvalue weighted by Crippen LogP contribution is -2.45. The maximum Gasteiger partial charge on any atom is 0.408 e. The molecule has 2 aliphatic rings. The lowest BCUT2D eigenvalue weighted by atomic mass is 9.92. The molecular weight excluding hydrogens is 636 g/mol. The Morgan fingerprint density at radius 1 is 0.627 bits per heavy atom. The number of carbonyl (C=O) groups excluding carboxylic acids is 2. The van der Waals surface area contributed by atoms with Gasteiger partial charge in [0.1, 0.15) is 12.2 Å². The van der Waals surface area contributed by atoms with Crippen molar-refractivity contribution in [1.82, 2.24) is 10.6 Å². The first-order valence-corrected chi connectivity index (χ1v) is 17.5. The molecule has 0 radical (unpaired) electrons. The molecule has 6 rings (SSSR count). The summed E-state index contributed by atoms with van der Waals surface area (Å²) in [7, 11) is 0. The van der Waals surface area contributed by atoms with E-state index in [2.05, 4.69) is 34.3 Å². The molecule has 7 nitrogen and oxygen atoms in total. The van der Waals surface area contributed by atoms with Crippen molar-refractivity contribution >= 4 is 12.2 Å². The number of hydrogen-bond acceptors (Lipinski definition) is 5. The van der Waals surface area contributed by atoms with Crippen LogP contribution < -0.4 is 10.6 Å². The SMILES string of the molecule is CC(C)(CCOC(C)(C)CCNC(=O)OC1Cc2ccccc2C#Cc2ccccc21)NC(=O)OC1Cc2ccccc2C#Cc2ccccc21. The second-order valence-electron chi connectivity index (χ2n) is 14.2. The second kappa shape index (κ2) is 15.6. The van der Waals surface area contributed by atoms with Gasteiger partial charge >= 0.3 is 12.2 Å². The molecule has 0 aromatic heterocycles. The summed E-state index contributed by atoms with van der Waals surface area (Å²) < 4.78 is 18.3. The van der Waals surface area contributed by atoms with E-state index >= 15 is 0 Å². The Morgan fingerprint density at radius 2 is 1.08 bits per heavy atom. The zero-order chi connectivity index (χ0) is 35.8. The van der Waals surface area contributed by atoms with Crippen LogP contribution in [0.15, 0.2) is 97.1 Å². The molecule has 2 amide bonds. The van der Waals surface area contributed by atoms with Crippen LogP contribution in [0.4, 0.5) is 9.59 Å². The van der Waals surface area contributed by atoms with E-state index in [1.165, 1.54) is 0 Å². The van der Waals surface area contributed by atoms with Gasteiger partial charge in [0.15, 0.2) is 0 Å². The van der Waals surface area contributed by atoms with Gasteiger partial charge in [0.05, 0.1) is 5.60 Å². The van der Waals surface area contributed by atoms with Gasteiger partial charge in [-0.3, -0.25) is 0 Å². The van der Waals surface area contributed by atoms with E-state index in [0.29, 0.717) is 38.8 Å². The van der Waals surface area contributed by atoms with Crippen molar-refractivity contribution in [1.29, 1.82) is 0 Å². The minimum atomic E-state index is -0.592. The highest BCUT2D eigenvalue weighted by atomic mass is 16.6. The van der Waals surface area contributed by atoms with Crippen LogP contribution in [0.1, 0.15) is 97.3 Å². The monoisotopic (exact) mass is 680 g/mol. The van der Waals surface area contributed by atoms with Crippen molar-refractivity contribution in [3.05, 3.63) is 142 Å². The van der Waals surface area contributed by atoms with Gasteiger partial charge in [-0.15, -0.1) is 0 Å². The highest BCUT2D eigenvalue weighted by Crippen LogP contribution is 2.30. The quantitative estimate of drug-likeness (QED) is 0.165. The van der Waals surface area contributed by atoms with Crippen LogP contribution in [0, 0.1) is 23.7 Å². The fourth-order valence-corrected chi connectivity index (χ4v) is 6.31. The Morgan fingerprint density at radius 3 is 1.63 bits per heavy atom. The van der Waals surface area contributed by atoms with E-state index in [9.17, 15) is 9.59 Å². The average molecular weight is 681 g/mol. The number of alkyl carbamates (subject to hydrolysis) is 2. The molecule has 0 spiro atoms. The summed E-state index contributed by atoms with van der Waals surface area (Å²) in [6.07, 6.45) is 0.282. The van der Waals surface area contributed by atoms with Crippen LogP contribution in [0.3, 0.4) is 0 Å². The van der Waals surface area contributed by atoms with Gasteiger partial charge in [-0.1, -0.05) is 96.5 Å². The molecule has 2 N–H and O–H groups in total. The zero-order valence-corrected chi connectivity index (χ0v) is 29.7. The number of rotatable bonds is 10. The first-order chi connectivity index (χ1) is 24.6. The van der Waals surface area contributed by atoms with E-state index in [1.54, 1.807) is 0 Å². The molecule has 260 valence electrons. The molecule has 0 heterocycles. The Balaban J connectivity index is 0.973. The third kappa shape index (κ3) is 9.39. The highest BCUT2D eigenvalue weighted by molar-refractivity contribution is 5.69. The topological polar surface area (TPSA) is 85.9 Å². The lowest BCUT2D eigenvalue weighted by molar-refractivity contribution is -0.0304. The molecule has 2 aliphatic carbocycles. The second-order valence-corrected chi connectivity index (χ2v) is 14.2. The van der Waals surface area contributed by atoms with Crippen molar-refractivity contribution < 1.29 is 23.8 Å². The van der Waals surface area contributed by atoms with Crippen molar-refractivity contribution in [3.8, 4) is 23.7 Å². The molecule has 0 saturated carbocycles. The van der Waals surface area contributed by atoms with E-state index < -0.39 is 35.5 Å². The van der Waals surface area contributed by atoms with Gasteiger partial charge in [-0.25, -0.2) is 9.59 Å². The minimum Gasteiger partial charge on any atom is -0.441 e. The molecule has 0 fully saturated rings. The molecular formula is C44H44N2O5. The fourth-order valence-electron chi connectivity index (χ4n) is 6.31. The third-order valence-electron chi connectivity index (χ3n) is 9.28. The summed E-state index contributed by atoms with van der Waals surface area (Å²) in [5.41, 5.74) is 6.35. The average Bonchev–Trinajstić information content (AvgIpc) is 3.08. The van der Waals surface area contributed by atoms with Gasteiger partial charge < -0.3 is 24.8 Å². The predicted molar refractivity (Wildman–Crippen MR) is 198 cm³/mol. The van der Waals surface area contributed by atoms with Gasteiger partial charge in [0.2, 0.25) is 0 Å². The normalized spacial score (nSPS) is 15.8. The van der Waals surface area contributed by atoms with Crippen LogP contribution in [0.25, 0.3) is 0 Å². The van der Waals surface area contributed by atoms with Crippen molar-refractivity contribution in [3.63, 3.8) is 0 Å². The Hall–Kier alpha value is -5.50. The van der Waals surface area contributed by atoms with Crippen LogP contribution in [0.5, 0.6) is 0 Å². The molecule has 0 aliphatic heterocycles. The fraction of sp³-hybridized carbons (Fsp3) is 0.318. The number of carbonyl (C=O) groups is 2. The molecule has 7 heteroatoms. The van der Waals surface area contributed by atoms with Crippen LogP contribution in [-0.4, -0.2) is 36.5 Å². The Labute approximate surface area is 301 Å². The van der Waals surface area contributed by atoms with Crippen LogP contribution in [-0.2, 0) is 27.1 Å². The summed E-state index contributed by atoms with van der Waals surface area (Å²) in [4.78, 5) is 26.3. The number of amides is 2. The van der Waals surface area contributed by atoms with Crippen molar-refractivity contribution in [2.75, 3.05) is 13.2 Å². The minimum absolute atomic E-state index is 0.376. The first-order valence-electron chi connectivity index (χ1n) is 17.5. The van der Waals surface area contributed by atoms with Crippen LogP contribution >= 0.6 is 0 Å². The van der Waals surface area contributed by atoms with Crippen LogP contribution in [0.2, 0.25) is 0 Å². The summed E-state index contributed by atoms with van der Waals surface area (Å²) in [5.74, 6) is 13.0. The number of fused-ring (bicyclic) bond motifs is 4. The van der Waals surface area contributed by atoms with Gasteiger partial charge in [0.25, 0.3) is 0 Å². The summed E-state index contributed by atoms with van der Waals surface area (Å²) in [6, 6.07) is 31.5. The Kier molecular flexibility index (Phi) is 10.8. The smallest absolute Gasteiger partial charge is 0.408 e. The molecule has 0 saturated heterocycles. The lowest BCUT2D eigenvalue weighted by Gasteiger charge is -2.31. The summed E-state index contributed by atoms with van der Waals surface area (Å²) in [5, 5.41) is 5.95. The number of benzene rings is 4. The van der Waals surface area contributed by atoms with E-state index in [0.717, 1.165) is 44.5 Å². The van der Waals surface area contributed by atoms with Crippen molar-refractivity contribution in [2.45, 2.75) is 76.7 Å². The summed E-state index contributed by atoms with van der Waals surface area (Å²) in [6.45, 7) is 8.66. The predicted octanol–water partition coefficient (Wildman–Crippen LogP) is 8.19. The first kappa shape index (κ1) is 35.3. The number of nitrogens with one attached hydrogen (secondary N) is 2. The zero-order valence-electron chi connectivity index (χ0n) is 29.7. The number of ether oxygens (including phenoxy) is 3. The van der Waals surface area contributed by atoms with Gasteiger partial charge in [0, 0.05) is 64.9 Å². The van der Waals surface area contributed by atoms with E-state index in [1.807, 2.05) is 125 Å². The van der Waals surface area contributed by atoms with Crippen molar-refractivity contribution in [2.24, 2.45) is 0 Å². The maximum atomic E-state index is 13.3. The molecule has 2 unspecified atom stereocenters. The van der Waals surface area contributed by atoms with Gasteiger partial charge in [-0.2, -0.15) is 0 Å². The van der Waals surface area contributed by atoms with E-state index in [-0.39, 0.29) is 0 Å². The molecule has 4 aromatic carbocycles. The summed E-state index contributed by atoms with van der Waals surface area (Å²) >= 11 is 0. The standard InChI is InChI=1S/C44H44N2O5/c1-43(2,46-42(48)51-40-30-36-18-8-6-14-32(36)22-24-34-16-10-12-20-38(34)40)26-28-49-44(3,4)25-27-45-41(47)50-39-29-35-17-7-5-13-31(35)21-23-33-15-9-11-19-37(33)39/h5-20,39-40H,25-30H2,1-4H3,(H,45,47)(H,46,48). The largest absolute Gasteiger partial charge is 0.441 e. The maximum absolute atomic E-state index is 13.3. The molecule has 4 aromatic rings. The highest BCUT2D eigenvalue weighted by Gasteiger charge is 2.28.